The molecule has 274 valence electrons. The van der Waals surface area contributed by atoms with Crippen LogP contribution in [0.4, 0.5) is 16.4 Å². The van der Waals surface area contributed by atoms with Crippen LogP contribution in [0.1, 0.15) is 36.7 Å². The molecular formula is C40H35N5O7S2. The maximum atomic E-state index is 13.8. The van der Waals surface area contributed by atoms with Crippen LogP contribution in [0.5, 0.6) is 17.2 Å². The Balaban J connectivity index is 1.30. The van der Waals surface area contributed by atoms with Crippen LogP contribution in [0.15, 0.2) is 108 Å². The maximum Gasteiger partial charge on any atom is 0.272 e. The van der Waals surface area contributed by atoms with Crippen molar-refractivity contribution in [1.82, 2.24) is 5.32 Å². The minimum Gasteiger partial charge on any atom is -0.496 e. The molecule has 12 nitrogen and oxygen atoms in total. The normalized spacial score (nSPS) is 10.8. The van der Waals surface area contributed by atoms with Gasteiger partial charge in [0.2, 0.25) is 5.91 Å². The van der Waals surface area contributed by atoms with Gasteiger partial charge in [-0.05, 0) is 67.1 Å². The molecule has 0 saturated carbocycles. The van der Waals surface area contributed by atoms with E-state index < -0.39 is 11.8 Å². The van der Waals surface area contributed by atoms with Crippen molar-refractivity contribution in [3.63, 3.8) is 0 Å². The molecule has 0 saturated heterocycles. The van der Waals surface area contributed by atoms with Gasteiger partial charge in [0.25, 0.3) is 17.7 Å². The van der Waals surface area contributed by atoms with Crippen molar-refractivity contribution in [3.05, 3.63) is 130 Å². The third-order valence-corrected chi connectivity index (χ3v) is 9.98. The molecular weight excluding hydrogens is 727 g/mol. The van der Waals surface area contributed by atoms with E-state index in [0.29, 0.717) is 55.1 Å². The number of hydrogen-bond donors (Lipinski definition) is 4. The van der Waals surface area contributed by atoms with Crippen molar-refractivity contribution in [2.45, 2.75) is 11.8 Å². The number of amides is 4. The lowest BCUT2D eigenvalue weighted by Crippen LogP contribution is -2.30. The number of benzene rings is 4. The van der Waals surface area contributed by atoms with Gasteiger partial charge in [-0.3, -0.25) is 19.2 Å². The first-order valence-electron chi connectivity index (χ1n) is 16.3. The Bertz CT molecular complexity index is 2250. The molecule has 0 fully saturated rings. The number of ether oxygens (including phenoxy) is 3. The second-order valence-corrected chi connectivity index (χ2v) is 13.4. The molecule has 4 amide bonds. The lowest BCUT2D eigenvalue weighted by Gasteiger charge is -2.15. The van der Waals surface area contributed by atoms with Gasteiger partial charge in [-0.25, -0.2) is 0 Å². The zero-order valence-corrected chi connectivity index (χ0v) is 31.3. The lowest BCUT2D eigenvalue weighted by molar-refractivity contribution is -0.114. The molecule has 1 heterocycles. The minimum atomic E-state index is -0.625. The largest absolute Gasteiger partial charge is 0.496 e. The van der Waals surface area contributed by atoms with E-state index in [9.17, 15) is 24.4 Å². The highest BCUT2D eigenvalue weighted by molar-refractivity contribution is 8.00. The second kappa shape index (κ2) is 18.3. The molecule has 0 aliphatic heterocycles. The average Bonchev–Trinajstić information content (AvgIpc) is 3.51. The molecule has 14 heteroatoms. The lowest BCUT2D eigenvalue weighted by atomic mass is 10.1. The van der Waals surface area contributed by atoms with Crippen LogP contribution in [-0.2, 0) is 9.59 Å². The molecule has 0 spiro atoms. The van der Waals surface area contributed by atoms with E-state index in [2.05, 4.69) is 27.3 Å². The topological polar surface area (TPSA) is 168 Å². The summed E-state index contributed by atoms with van der Waals surface area (Å²) in [6.07, 6.45) is 1.47. The van der Waals surface area contributed by atoms with E-state index in [-0.39, 0.29) is 33.8 Å². The highest BCUT2D eigenvalue weighted by Gasteiger charge is 2.22. The first kappa shape index (κ1) is 38.7. The van der Waals surface area contributed by atoms with Gasteiger partial charge >= 0.3 is 0 Å². The average molecular weight is 762 g/mol. The number of carbonyl (C=O) groups excluding carboxylic acids is 4. The number of nitriles is 1. The zero-order valence-electron chi connectivity index (χ0n) is 29.6. The van der Waals surface area contributed by atoms with Gasteiger partial charge < -0.3 is 35.5 Å². The number of para-hydroxylation sites is 1. The smallest absolute Gasteiger partial charge is 0.272 e. The molecule has 5 rings (SSSR count). The highest BCUT2D eigenvalue weighted by Crippen LogP contribution is 2.36. The predicted octanol–water partition coefficient (Wildman–Crippen LogP) is 7.35. The summed E-state index contributed by atoms with van der Waals surface area (Å²) in [6.45, 7) is 1.66. The standard InChI is InChI=1S/C40H35N5O7S2/c1-24-30(22-41)40(54-36(24)39(49)42-27-14-9-6-10-15-27)45-35(46)23-53-29-17-11-16-28(20-29)43-38(48)31(44-37(47)25-12-7-5-8-13-25)18-26-19-33(51-3)34(52-4)21-32(26)50-2/h5-21H,23H2,1-4H3,(H,42,49)(H,43,48)(H,44,47)(H,45,46)/b31-18+. The number of carbonyl (C=O) groups is 4. The van der Waals surface area contributed by atoms with Gasteiger partial charge in [-0.15, -0.1) is 23.1 Å². The Morgan fingerprint density at radius 2 is 1.41 bits per heavy atom. The Labute approximate surface area is 320 Å². The third-order valence-electron chi connectivity index (χ3n) is 7.78. The fourth-order valence-electron chi connectivity index (χ4n) is 5.10. The molecule has 0 unspecified atom stereocenters. The van der Waals surface area contributed by atoms with Crippen molar-refractivity contribution < 1.29 is 33.4 Å². The van der Waals surface area contributed by atoms with Crippen LogP contribution in [0.3, 0.4) is 0 Å². The number of rotatable bonds is 14. The molecule has 5 aromatic rings. The van der Waals surface area contributed by atoms with E-state index in [1.54, 1.807) is 97.9 Å². The Morgan fingerprint density at radius 1 is 0.759 bits per heavy atom. The fraction of sp³-hybridized carbons (Fsp3) is 0.125. The Hall–Kier alpha value is -6.56. The third kappa shape index (κ3) is 9.65. The number of nitrogens with zero attached hydrogens (tertiary/aromatic N) is 1. The van der Waals surface area contributed by atoms with Crippen molar-refractivity contribution in [3.8, 4) is 23.3 Å². The summed E-state index contributed by atoms with van der Waals surface area (Å²) in [6, 6.07) is 29.6. The van der Waals surface area contributed by atoms with Crippen molar-refractivity contribution in [2.24, 2.45) is 0 Å². The summed E-state index contributed by atoms with van der Waals surface area (Å²) < 4.78 is 16.4. The number of thiophene rings is 1. The minimum absolute atomic E-state index is 0.0257. The van der Waals surface area contributed by atoms with Crippen LogP contribution >= 0.6 is 23.1 Å². The molecule has 0 radical (unpaired) electrons. The summed E-state index contributed by atoms with van der Waals surface area (Å²) in [5, 5.41) is 21.2. The van der Waals surface area contributed by atoms with Crippen LogP contribution < -0.4 is 35.5 Å². The van der Waals surface area contributed by atoms with Gasteiger partial charge in [-0.1, -0.05) is 42.5 Å². The molecule has 1 aromatic heterocycles. The van der Waals surface area contributed by atoms with E-state index in [0.717, 1.165) is 11.3 Å². The number of methoxy groups -OCH3 is 3. The Kier molecular flexibility index (Phi) is 13.1. The number of anilines is 3. The molecule has 54 heavy (non-hydrogen) atoms. The Morgan fingerprint density at radius 3 is 2.07 bits per heavy atom. The van der Waals surface area contributed by atoms with Crippen LogP contribution in [0, 0.1) is 18.3 Å². The number of nitrogens with one attached hydrogen (secondary N) is 4. The maximum absolute atomic E-state index is 13.8. The molecule has 4 aromatic carbocycles. The molecule has 0 aliphatic rings. The first-order chi connectivity index (χ1) is 26.1. The van der Waals surface area contributed by atoms with E-state index >= 15 is 0 Å². The molecule has 0 bridgehead atoms. The zero-order chi connectivity index (χ0) is 38.6. The van der Waals surface area contributed by atoms with Gasteiger partial charge in [0, 0.05) is 33.5 Å². The SMILES string of the molecule is COc1cc(OC)c(OC)cc1/C=C(/NC(=O)c1ccccc1)C(=O)Nc1cccc(SCC(=O)Nc2sc(C(=O)Nc3ccccc3)c(C)c2C#N)c1. The fourth-order valence-corrected chi connectivity index (χ4v) is 6.92. The highest BCUT2D eigenvalue weighted by atomic mass is 32.2. The number of hydrogen-bond acceptors (Lipinski definition) is 10. The summed E-state index contributed by atoms with van der Waals surface area (Å²) in [5.74, 6) is -0.747. The van der Waals surface area contributed by atoms with Crippen molar-refractivity contribution in [2.75, 3.05) is 43.0 Å². The van der Waals surface area contributed by atoms with Gasteiger partial charge in [0.05, 0.1) is 37.5 Å². The van der Waals surface area contributed by atoms with E-state index in [1.807, 2.05) is 6.07 Å². The van der Waals surface area contributed by atoms with Gasteiger partial charge in [0.15, 0.2) is 11.5 Å². The van der Waals surface area contributed by atoms with Gasteiger partial charge in [0.1, 0.15) is 22.5 Å². The molecule has 4 N–H and O–H groups in total. The number of thioether (sulfide) groups is 1. The summed E-state index contributed by atoms with van der Waals surface area (Å²) in [7, 11) is 4.44. The molecule has 0 aliphatic carbocycles. The van der Waals surface area contributed by atoms with E-state index in [4.69, 9.17) is 14.2 Å². The summed E-state index contributed by atoms with van der Waals surface area (Å²) in [4.78, 5) is 53.9. The van der Waals surface area contributed by atoms with Crippen molar-refractivity contribution >= 4 is 69.2 Å². The van der Waals surface area contributed by atoms with E-state index in [1.165, 1.54) is 39.2 Å². The summed E-state index contributed by atoms with van der Waals surface area (Å²) >= 11 is 2.24. The quantitative estimate of drug-likeness (QED) is 0.0668. The summed E-state index contributed by atoms with van der Waals surface area (Å²) in [5.41, 5.74) is 2.40. The second-order valence-electron chi connectivity index (χ2n) is 11.3. The predicted molar refractivity (Wildman–Crippen MR) is 211 cm³/mol. The van der Waals surface area contributed by atoms with Crippen molar-refractivity contribution in [1.29, 1.82) is 5.26 Å². The van der Waals surface area contributed by atoms with Crippen LogP contribution in [0.25, 0.3) is 6.08 Å². The first-order valence-corrected chi connectivity index (χ1v) is 18.1. The monoisotopic (exact) mass is 761 g/mol. The van der Waals surface area contributed by atoms with Crippen LogP contribution in [-0.4, -0.2) is 50.7 Å². The van der Waals surface area contributed by atoms with Crippen LogP contribution in [0.2, 0.25) is 0 Å². The molecule has 0 atom stereocenters. The van der Waals surface area contributed by atoms with Gasteiger partial charge in [-0.2, -0.15) is 5.26 Å².